The van der Waals surface area contributed by atoms with Crippen LogP contribution in [0.25, 0.3) is 10.1 Å². The summed E-state index contributed by atoms with van der Waals surface area (Å²) in [4.78, 5) is 0. The van der Waals surface area contributed by atoms with E-state index >= 15 is 0 Å². The molecule has 0 saturated heterocycles. The molecule has 3 aromatic rings. The number of fused-ring (bicyclic) bond motifs is 1. The Labute approximate surface area is 121 Å². The van der Waals surface area contributed by atoms with Gasteiger partial charge in [-0.2, -0.15) is 0 Å². The van der Waals surface area contributed by atoms with Crippen molar-refractivity contribution in [1.29, 1.82) is 0 Å². The largest absolute Gasteiger partial charge is 0.320 e. The first kappa shape index (κ1) is 12.7. The summed E-state index contributed by atoms with van der Waals surface area (Å²) in [5.74, 6) is 0. The van der Waals surface area contributed by atoms with Gasteiger partial charge in [0.15, 0.2) is 0 Å². The molecule has 0 spiro atoms. The van der Waals surface area contributed by atoms with Crippen LogP contribution >= 0.6 is 22.9 Å². The van der Waals surface area contributed by atoms with Crippen LogP contribution in [0.15, 0.2) is 47.8 Å². The van der Waals surface area contributed by atoms with Crippen LogP contribution in [0.1, 0.15) is 22.7 Å². The maximum Gasteiger partial charge on any atom is 0.0566 e. The van der Waals surface area contributed by atoms with Gasteiger partial charge in [0, 0.05) is 9.72 Å². The predicted molar refractivity (Wildman–Crippen MR) is 84.0 cm³/mol. The molecule has 3 rings (SSSR count). The molecule has 1 nitrogen and oxygen atoms in total. The first-order valence-electron chi connectivity index (χ1n) is 6.14. The number of aryl methyl sites for hydroxylation is 1. The Balaban J connectivity index is 2.13. The lowest BCUT2D eigenvalue weighted by molar-refractivity contribution is 0.880. The number of thiophene rings is 1. The highest BCUT2D eigenvalue weighted by atomic mass is 35.5. The minimum Gasteiger partial charge on any atom is -0.320 e. The van der Waals surface area contributed by atoms with Gasteiger partial charge in [-0.3, -0.25) is 0 Å². The Morgan fingerprint density at radius 1 is 1.16 bits per heavy atom. The molecule has 3 heteroatoms. The van der Waals surface area contributed by atoms with Gasteiger partial charge in [-0.05, 0) is 52.6 Å². The molecule has 0 bridgehead atoms. The van der Waals surface area contributed by atoms with E-state index in [0.717, 1.165) is 21.7 Å². The summed E-state index contributed by atoms with van der Waals surface area (Å²) in [6.07, 6.45) is 0. The van der Waals surface area contributed by atoms with Crippen molar-refractivity contribution in [3.05, 3.63) is 69.6 Å². The normalized spacial score (nSPS) is 12.8. The maximum absolute atomic E-state index is 6.43. The average molecular weight is 288 g/mol. The molecule has 0 aliphatic rings. The highest BCUT2D eigenvalue weighted by molar-refractivity contribution is 7.17. The molecule has 0 amide bonds. The van der Waals surface area contributed by atoms with Crippen molar-refractivity contribution in [2.24, 2.45) is 5.73 Å². The first-order valence-corrected chi connectivity index (χ1v) is 7.40. The molecule has 2 aromatic carbocycles. The zero-order chi connectivity index (χ0) is 13.4. The molecular weight excluding hydrogens is 274 g/mol. The quantitative estimate of drug-likeness (QED) is 0.712. The Morgan fingerprint density at radius 3 is 2.79 bits per heavy atom. The molecule has 0 saturated carbocycles. The van der Waals surface area contributed by atoms with Gasteiger partial charge in [0.2, 0.25) is 0 Å². The molecule has 1 unspecified atom stereocenters. The summed E-state index contributed by atoms with van der Waals surface area (Å²) in [7, 11) is 0. The molecule has 0 aliphatic carbocycles. The fraction of sp³-hybridized carbons (Fsp3) is 0.125. The Hall–Kier alpha value is -1.35. The van der Waals surface area contributed by atoms with Crippen molar-refractivity contribution >= 4 is 33.0 Å². The second-order valence-electron chi connectivity index (χ2n) is 4.73. The van der Waals surface area contributed by atoms with E-state index in [9.17, 15) is 0 Å². The molecule has 0 fully saturated rings. The van der Waals surface area contributed by atoms with Crippen LogP contribution in [-0.2, 0) is 0 Å². The van der Waals surface area contributed by atoms with Crippen molar-refractivity contribution in [2.75, 3.05) is 0 Å². The van der Waals surface area contributed by atoms with Crippen LogP contribution in [0.3, 0.4) is 0 Å². The van der Waals surface area contributed by atoms with Crippen LogP contribution in [0.5, 0.6) is 0 Å². The highest BCUT2D eigenvalue weighted by Gasteiger charge is 2.13. The monoisotopic (exact) mass is 287 g/mol. The van der Waals surface area contributed by atoms with E-state index < -0.39 is 0 Å². The van der Waals surface area contributed by atoms with Gasteiger partial charge < -0.3 is 5.73 Å². The summed E-state index contributed by atoms with van der Waals surface area (Å²) >= 11 is 7.86. The van der Waals surface area contributed by atoms with E-state index in [1.165, 1.54) is 10.1 Å². The van der Waals surface area contributed by atoms with Crippen LogP contribution < -0.4 is 5.73 Å². The molecule has 2 N–H and O–H groups in total. The molecule has 0 aliphatic heterocycles. The van der Waals surface area contributed by atoms with E-state index in [-0.39, 0.29) is 6.04 Å². The summed E-state index contributed by atoms with van der Waals surface area (Å²) < 4.78 is 1.26. The van der Waals surface area contributed by atoms with Gasteiger partial charge in [0.1, 0.15) is 0 Å². The second-order valence-corrected chi connectivity index (χ2v) is 6.08. The number of rotatable bonds is 2. The summed E-state index contributed by atoms with van der Waals surface area (Å²) in [5.41, 5.74) is 9.79. The van der Waals surface area contributed by atoms with E-state index in [0.29, 0.717) is 0 Å². The number of halogens is 1. The summed E-state index contributed by atoms with van der Waals surface area (Å²) in [5, 5.41) is 4.09. The highest BCUT2D eigenvalue weighted by Crippen LogP contribution is 2.32. The molecule has 96 valence electrons. The fourth-order valence-electron chi connectivity index (χ4n) is 2.38. The second kappa shape index (κ2) is 4.97. The van der Waals surface area contributed by atoms with Crippen molar-refractivity contribution in [1.82, 2.24) is 0 Å². The standard InChI is InChI=1S/C16H14ClNS/c1-10-7-12(9-13(17)8-10)15(18)14-4-2-3-11-5-6-19-16(11)14/h2-9,15H,18H2,1H3. The SMILES string of the molecule is Cc1cc(Cl)cc(C(N)c2cccc3ccsc23)c1. The minimum absolute atomic E-state index is 0.139. The van der Waals surface area contributed by atoms with E-state index in [1.807, 2.05) is 19.1 Å². The van der Waals surface area contributed by atoms with Crippen molar-refractivity contribution in [2.45, 2.75) is 13.0 Å². The first-order chi connectivity index (χ1) is 9.15. The molecule has 1 aromatic heterocycles. The van der Waals surface area contributed by atoms with E-state index in [4.69, 9.17) is 17.3 Å². The van der Waals surface area contributed by atoms with E-state index in [1.54, 1.807) is 11.3 Å². The maximum atomic E-state index is 6.43. The van der Waals surface area contributed by atoms with Gasteiger partial charge in [-0.15, -0.1) is 11.3 Å². The number of hydrogen-bond donors (Lipinski definition) is 1. The minimum atomic E-state index is -0.139. The number of hydrogen-bond acceptors (Lipinski definition) is 2. The average Bonchev–Trinajstić information content (AvgIpc) is 2.84. The molecule has 1 heterocycles. The topological polar surface area (TPSA) is 26.0 Å². The Morgan fingerprint density at radius 2 is 2.00 bits per heavy atom. The fourth-order valence-corrected chi connectivity index (χ4v) is 3.64. The van der Waals surface area contributed by atoms with Crippen LogP contribution in [0.2, 0.25) is 5.02 Å². The predicted octanol–water partition coefficient (Wildman–Crippen LogP) is 4.91. The third kappa shape index (κ3) is 2.39. The lowest BCUT2D eigenvalue weighted by atomic mass is 9.97. The van der Waals surface area contributed by atoms with Gasteiger partial charge in [-0.25, -0.2) is 0 Å². The Kier molecular flexibility index (Phi) is 3.31. The number of benzene rings is 2. The lowest BCUT2D eigenvalue weighted by Crippen LogP contribution is -2.12. The third-order valence-electron chi connectivity index (χ3n) is 3.27. The summed E-state index contributed by atoms with van der Waals surface area (Å²) in [6, 6.07) is 14.3. The van der Waals surface area contributed by atoms with Crippen LogP contribution in [0, 0.1) is 6.92 Å². The van der Waals surface area contributed by atoms with Crippen LogP contribution in [-0.4, -0.2) is 0 Å². The molecular formula is C16H14ClNS. The van der Waals surface area contributed by atoms with Crippen molar-refractivity contribution < 1.29 is 0 Å². The zero-order valence-electron chi connectivity index (χ0n) is 10.6. The van der Waals surface area contributed by atoms with Crippen molar-refractivity contribution in [3.63, 3.8) is 0 Å². The molecule has 1 atom stereocenters. The zero-order valence-corrected chi connectivity index (χ0v) is 12.1. The van der Waals surface area contributed by atoms with Gasteiger partial charge in [0.05, 0.1) is 6.04 Å². The van der Waals surface area contributed by atoms with Gasteiger partial charge in [-0.1, -0.05) is 35.9 Å². The summed E-state index contributed by atoms with van der Waals surface area (Å²) in [6.45, 7) is 2.04. The van der Waals surface area contributed by atoms with Crippen molar-refractivity contribution in [3.8, 4) is 0 Å². The molecule has 0 radical (unpaired) electrons. The Bertz CT molecular complexity index is 712. The van der Waals surface area contributed by atoms with Gasteiger partial charge >= 0.3 is 0 Å². The smallest absolute Gasteiger partial charge is 0.0566 e. The third-order valence-corrected chi connectivity index (χ3v) is 4.47. The van der Waals surface area contributed by atoms with Gasteiger partial charge in [0.25, 0.3) is 0 Å². The number of nitrogens with two attached hydrogens (primary N) is 1. The molecule has 19 heavy (non-hydrogen) atoms. The lowest BCUT2D eigenvalue weighted by Gasteiger charge is -2.15. The van der Waals surface area contributed by atoms with Crippen LogP contribution in [0.4, 0.5) is 0 Å². The van der Waals surface area contributed by atoms with E-state index in [2.05, 4.69) is 35.7 Å².